The van der Waals surface area contributed by atoms with Crippen LogP contribution in [0.5, 0.6) is 0 Å². The number of aliphatic hydroxyl groups excluding tert-OH is 8. The van der Waals surface area contributed by atoms with Crippen molar-refractivity contribution in [3.63, 3.8) is 0 Å². The average Bonchev–Trinajstić information content (AvgIpc) is 3.56. The summed E-state index contributed by atoms with van der Waals surface area (Å²) in [5, 5.41) is 111. The zero-order valence-corrected chi connectivity index (χ0v) is 36.3. The molecule has 18 heteroatoms. The van der Waals surface area contributed by atoms with Gasteiger partial charge in [0.25, 0.3) is 0 Å². The van der Waals surface area contributed by atoms with E-state index in [1.54, 1.807) is 0 Å². The maximum Gasteiger partial charge on any atom is 0.187 e. The molecule has 62 heavy (non-hydrogen) atoms. The molecule has 3 saturated carbocycles. The molecule has 5 saturated heterocycles. The first-order chi connectivity index (χ1) is 29.2. The molecule has 18 nitrogen and oxygen atoms in total. The van der Waals surface area contributed by atoms with Crippen LogP contribution >= 0.6 is 0 Å². The van der Waals surface area contributed by atoms with Crippen molar-refractivity contribution in [1.29, 1.82) is 0 Å². The van der Waals surface area contributed by atoms with Gasteiger partial charge in [-0.25, -0.2) is 0 Å². The van der Waals surface area contributed by atoms with Crippen LogP contribution in [0.2, 0.25) is 0 Å². The van der Waals surface area contributed by atoms with Gasteiger partial charge in [-0.15, -0.1) is 0 Å². The lowest BCUT2D eigenvalue weighted by Crippen LogP contribution is -2.67. The van der Waals surface area contributed by atoms with Crippen LogP contribution in [-0.2, 0) is 37.9 Å². The van der Waals surface area contributed by atoms with E-state index in [2.05, 4.69) is 26.8 Å². The minimum Gasteiger partial charge on any atom is -0.394 e. The van der Waals surface area contributed by atoms with Crippen LogP contribution in [0.25, 0.3) is 0 Å². The topological polar surface area (TPSA) is 276 Å². The molecule has 0 aromatic carbocycles. The van der Waals surface area contributed by atoms with Crippen molar-refractivity contribution in [2.75, 3.05) is 19.8 Å². The number of aliphatic hydroxyl groups is 10. The lowest BCUT2D eigenvalue weighted by atomic mass is 9.44. The van der Waals surface area contributed by atoms with Crippen molar-refractivity contribution < 1.29 is 89.0 Å². The molecule has 5 heterocycles. The first kappa shape index (κ1) is 46.1. The maximum atomic E-state index is 13.0. The van der Waals surface area contributed by atoms with E-state index in [1.165, 1.54) is 6.92 Å². The molecule has 8 fully saturated rings. The molecule has 25 atom stereocenters. The largest absolute Gasteiger partial charge is 0.394 e. The van der Waals surface area contributed by atoms with E-state index < -0.39 is 134 Å². The van der Waals surface area contributed by atoms with Crippen molar-refractivity contribution in [2.45, 2.75) is 208 Å². The second-order valence-electron chi connectivity index (χ2n) is 20.9. The summed E-state index contributed by atoms with van der Waals surface area (Å²) in [6, 6.07) is 0. The molecule has 354 valence electrons. The normalized spacial score (nSPS) is 58.9. The Morgan fingerprint density at radius 3 is 2.16 bits per heavy atom. The maximum absolute atomic E-state index is 13.0. The molecule has 9 rings (SSSR count). The Kier molecular flexibility index (Phi) is 12.2. The van der Waals surface area contributed by atoms with E-state index in [9.17, 15) is 51.1 Å². The molecule has 4 aliphatic carbocycles. The average molecular weight is 887 g/mol. The quantitative estimate of drug-likeness (QED) is 0.139. The molecule has 10 N–H and O–H groups in total. The summed E-state index contributed by atoms with van der Waals surface area (Å²) >= 11 is 0. The third-order valence-electron chi connectivity index (χ3n) is 17.7. The van der Waals surface area contributed by atoms with Crippen LogP contribution in [0.15, 0.2) is 11.6 Å². The highest BCUT2D eigenvalue weighted by molar-refractivity contribution is 5.33. The predicted octanol–water partition coefficient (Wildman–Crippen LogP) is -0.917. The van der Waals surface area contributed by atoms with Crippen LogP contribution < -0.4 is 0 Å². The highest BCUT2D eigenvalue weighted by Gasteiger charge is 2.81. The van der Waals surface area contributed by atoms with Crippen LogP contribution in [0.1, 0.15) is 92.4 Å². The molecule has 9 aliphatic rings. The van der Waals surface area contributed by atoms with E-state index in [4.69, 9.17) is 37.9 Å². The smallest absolute Gasteiger partial charge is 0.187 e. The monoisotopic (exact) mass is 886 g/mol. The van der Waals surface area contributed by atoms with Gasteiger partial charge in [0, 0.05) is 24.2 Å². The van der Waals surface area contributed by atoms with Gasteiger partial charge < -0.3 is 89.0 Å². The first-order valence-corrected chi connectivity index (χ1v) is 22.9. The van der Waals surface area contributed by atoms with Crippen molar-refractivity contribution in [3.8, 4) is 0 Å². The first-order valence-electron chi connectivity index (χ1n) is 22.9. The zero-order chi connectivity index (χ0) is 44.5. The number of fused-ring (bicyclic) bond motifs is 7. The van der Waals surface area contributed by atoms with E-state index >= 15 is 0 Å². The minimum atomic E-state index is -1.76. The van der Waals surface area contributed by atoms with Crippen molar-refractivity contribution in [1.82, 2.24) is 0 Å². The molecule has 0 aromatic heterocycles. The molecule has 0 amide bonds. The van der Waals surface area contributed by atoms with E-state index in [0.717, 1.165) is 18.4 Å². The van der Waals surface area contributed by atoms with Gasteiger partial charge in [0.1, 0.15) is 66.6 Å². The molecule has 0 radical (unpaired) electrons. The molecule has 0 unspecified atom stereocenters. The predicted molar refractivity (Wildman–Crippen MR) is 211 cm³/mol. The van der Waals surface area contributed by atoms with Crippen molar-refractivity contribution in [2.24, 2.45) is 34.5 Å². The fraction of sp³-hybridized carbons (Fsp3) is 0.955. The van der Waals surface area contributed by atoms with Crippen LogP contribution in [0.3, 0.4) is 0 Å². The molecule has 0 bridgehead atoms. The molecular weight excluding hydrogens is 816 g/mol. The number of hydrogen-bond donors (Lipinski definition) is 10. The van der Waals surface area contributed by atoms with Gasteiger partial charge in [0.05, 0.1) is 43.7 Å². The lowest BCUT2D eigenvalue weighted by molar-refractivity contribution is -0.390. The summed E-state index contributed by atoms with van der Waals surface area (Å²) < 4.78 is 49.6. The van der Waals surface area contributed by atoms with Crippen molar-refractivity contribution >= 4 is 0 Å². The molecule has 5 aliphatic heterocycles. The lowest BCUT2D eigenvalue weighted by Gasteiger charge is -2.63. The van der Waals surface area contributed by atoms with E-state index in [0.29, 0.717) is 57.5 Å². The highest BCUT2D eigenvalue weighted by Crippen LogP contribution is 2.73. The van der Waals surface area contributed by atoms with Gasteiger partial charge in [-0.1, -0.05) is 39.3 Å². The summed E-state index contributed by atoms with van der Waals surface area (Å²) in [5.74, 6) is -0.768. The second-order valence-corrected chi connectivity index (χ2v) is 20.9. The van der Waals surface area contributed by atoms with Crippen molar-refractivity contribution in [3.05, 3.63) is 11.6 Å². The molecular formula is C44H70O18. The van der Waals surface area contributed by atoms with Crippen LogP contribution in [0.4, 0.5) is 0 Å². The van der Waals surface area contributed by atoms with Gasteiger partial charge in [0.2, 0.25) is 0 Å². The standard InChI is InChI=1S/C44H70O18/c1-19-8-13-43(56-17-19)21(3)44(54)28(62-43)15-42(53)25-7-6-22-14-23(9-11-40(22,4)24(25)10-12-41(42,44)5)58-39-36(61-38-34(52)32(50)29(47)20(2)57-38)35(31(49)27(16-45)59-39)60-37-33(51)30(48)26(46)18-55-37/h6,19-21,23-39,45-54H,7-18H2,1-5H3/t19-,20+,21-,23-,24+,25-,26-,27-,28-,29+,30+,31-,32-,33-,34-,35+,36-,37+,38+,39-,40-,41-,42-,43-,44-/m1/s1. The van der Waals surface area contributed by atoms with Crippen LogP contribution in [0, 0.1) is 34.5 Å². The Bertz CT molecular complexity index is 1660. The highest BCUT2D eigenvalue weighted by atomic mass is 16.8. The third kappa shape index (κ3) is 6.79. The minimum absolute atomic E-state index is 0.109. The molecule has 0 aromatic rings. The van der Waals surface area contributed by atoms with Gasteiger partial charge in [0.15, 0.2) is 24.7 Å². The number of hydrogen-bond acceptors (Lipinski definition) is 18. The summed E-state index contributed by atoms with van der Waals surface area (Å²) in [4.78, 5) is 0. The molecule has 1 spiro atoms. The number of ether oxygens (including phenoxy) is 8. The third-order valence-corrected chi connectivity index (χ3v) is 17.7. The van der Waals surface area contributed by atoms with E-state index in [-0.39, 0.29) is 23.2 Å². The summed E-state index contributed by atoms with van der Waals surface area (Å²) in [5.41, 5.74) is -2.40. The van der Waals surface area contributed by atoms with Gasteiger partial charge in [-0.05, 0) is 75.0 Å². The Hall–Kier alpha value is -0.980. The Morgan fingerprint density at radius 2 is 1.45 bits per heavy atom. The summed E-state index contributed by atoms with van der Waals surface area (Å²) in [6.07, 6.45) is -14.2. The van der Waals surface area contributed by atoms with Crippen LogP contribution in [-0.4, -0.2) is 186 Å². The Morgan fingerprint density at radius 1 is 0.726 bits per heavy atom. The fourth-order valence-electron chi connectivity index (χ4n) is 13.6. The van der Waals surface area contributed by atoms with E-state index in [1.807, 2.05) is 6.92 Å². The Balaban J connectivity index is 0.954. The van der Waals surface area contributed by atoms with Gasteiger partial charge >= 0.3 is 0 Å². The summed E-state index contributed by atoms with van der Waals surface area (Å²) in [7, 11) is 0. The SMILES string of the molecule is C[C@@H]1CC[C@@]2(OC1)O[C@@H]1C[C@@]3(O)[C@@H]4CC=C5C[C@H](O[C@@H]6O[C@H](CO)[C@@H](O)[C@H](O[C@@H]7OC[C@@H](O)[C@H](O)[C@H]7O)[C@H]6O[C@@H]6O[C@@H](C)[C@H](O)[C@@H](O)[C@H]6O)CC[C@@]5(C)[C@H]4CC[C@@]3(C)[C@@]1(O)[C@@H]2C. The Labute approximate surface area is 362 Å². The summed E-state index contributed by atoms with van der Waals surface area (Å²) in [6.45, 7) is 9.48. The van der Waals surface area contributed by atoms with Gasteiger partial charge in [-0.3, -0.25) is 0 Å². The number of rotatable bonds is 7. The zero-order valence-electron chi connectivity index (χ0n) is 36.3. The number of allylic oxidation sites excluding steroid dienone is 1. The second kappa shape index (κ2) is 16.4. The fourth-order valence-corrected chi connectivity index (χ4v) is 13.6. The van der Waals surface area contributed by atoms with Gasteiger partial charge in [-0.2, -0.15) is 0 Å².